The largest absolute Gasteiger partial charge is 0.493 e. The molecule has 150 valence electrons. The van der Waals surface area contributed by atoms with Crippen molar-refractivity contribution in [3.63, 3.8) is 0 Å². The summed E-state index contributed by atoms with van der Waals surface area (Å²) in [4.78, 5) is 26.8. The number of carbonyl (C=O) groups excluding carboxylic acids is 2. The van der Waals surface area contributed by atoms with Crippen molar-refractivity contribution in [2.24, 2.45) is 5.92 Å². The van der Waals surface area contributed by atoms with Crippen molar-refractivity contribution in [1.82, 2.24) is 10.2 Å². The summed E-state index contributed by atoms with van der Waals surface area (Å²) in [6, 6.07) is 5.64. The highest BCUT2D eigenvalue weighted by molar-refractivity contribution is 5.80. The highest BCUT2D eigenvalue weighted by Crippen LogP contribution is 2.27. The van der Waals surface area contributed by atoms with Crippen LogP contribution in [0.3, 0.4) is 0 Å². The first-order valence-corrected chi connectivity index (χ1v) is 9.81. The molecule has 0 radical (unpaired) electrons. The van der Waals surface area contributed by atoms with E-state index in [9.17, 15) is 9.59 Å². The van der Waals surface area contributed by atoms with E-state index in [-0.39, 0.29) is 23.8 Å². The van der Waals surface area contributed by atoms with Crippen molar-refractivity contribution < 1.29 is 19.1 Å². The first kappa shape index (κ1) is 21.1. The van der Waals surface area contributed by atoms with Crippen LogP contribution in [-0.4, -0.2) is 50.1 Å². The number of likely N-dealkylation sites (tertiary alicyclic amines) is 1. The number of rotatable bonds is 8. The Bertz CT molecular complexity index is 635. The summed E-state index contributed by atoms with van der Waals surface area (Å²) < 4.78 is 10.5. The molecule has 1 aliphatic rings. The van der Waals surface area contributed by atoms with E-state index in [1.54, 1.807) is 14.2 Å². The lowest BCUT2D eigenvalue weighted by Gasteiger charge is -2.34. The zero-order valence-corrected chi connectivity index (χ0v) is 16.9. The van der Waals surface area contributed by atoms with Gasteiger partial charge in [-0.15, -0.1) is 0 Å². The van der Waals surface area contributed by atoms with E-state index >= 15 is 0 Å². The second kappa shape index (κ2) is 10.2. The van der Waals surface area contributed by atoms with E-state index in [4.69, 9.17) is 9.47 Å². The van der Waals surface area contributed by atoms with Crippen molar-refractivity contribution in [3.8, 4) is 11.5 Å². The van der Waals surface area contributed by atoms with Gasteiger partial charge in [0, 0.05) is 25.0 Å². The maximum atomic E-state index is 12.5. The normalized spacial score (nSPS) is 14.9. The van der Waals surface area contributed by atoms with Gasteiger partial charge in [0.25, 0.3) is 0 Å². The minimum absolute atomic E-state index is 0.00742. The van der Waals surface area contributed by atoms with E-state index in [1.807, 2.05) is 23.1 Å². The number of nitrogens with one attached hydrogen (secondary N) is 1. The molecule has 1 aromatic carbocycles. The topological polar surface area (TPSA) is 67.9 Å². The molecule has 6 heteroatoms. The number of carbonyl (C=O) groups is 2. The van der Waals surface area contributed by atoms with Crippen LogP contribution in [0.5, 0.6) is 11.5 Å². The van der Waals surface area contributed by atoms with Gasteiger partial charge in [-0.05, 0) is 43.4 Å². The van der Waals surface area contributed by atoms with Gasteiger partial charge in [0.2, 0.25) is 11.8 Å². The molecular formula is C21H32N2O4. The molecule has 2 rings (SSSR count). The number of nitrogens with zero attached hydrogens (tertiary/aromatic N) is 1. The number of benzene rings is 1. The molecule has 0 aliphatic carbocycles. The van der Waals surface area contributed by atoms with Gasteiger partial charge < -0.3 is 19.7 Å². The number of hydrogen-bond donors (Lipinski definition) is 1. The van der Waals surface area contributed by atoms with Crippen LogP contribution in [0.4, 0.5) is 0 Å². The summed E-state index contributed by atoms with van der Waals surface area (Å²) in [6.45, 7) is 5.56. The lowest BCUT2D eigenvalue weighted by Crippen LogP contribution is -2.48. The van der Waals surface area contributed by atoms with Crippen molar-refractivity contribution in [1.29, 1.82) is 0 Å². The summed E-state index contributed by atoms with van der Waals surface area (Å²) >= 11 is 0. The summed E-state index contributed by atoms with van der Waals surface area (Å²) in [7, 11) is 3.17. The average Bonchev–Trinajstić information content (AvgIpc) is 2.69. The third-order valence-electron chi connectivity index (χ3n) is 5.32. The highest BCUT2D eigenvalue weighted by Gasteiger charge is 2.27. The fourth-order valence-electron chi connectivity index (χ4n) is 3.60. The van der Waals surface area contributed by atoms with E-state index in [0.717, 1.165) is 44.3 Å². The molecule has 1 heterocycles. The second-order valence-electron chi connectivity index (χ2n) is 7.05. The predicted octanol–water partition coefficient (Wildman–Crippen LogP) is 2.79. The molecule has 1 saturated heterocycles. The third kappa shape index (κ3) is 5.62. The number of ether oxygens (including phenoxy) is 2. The Kier molecular flexibility index (Phi) is 7.95. The van der Waals surface area contributed by atoms with Crippen LogP contribution >= 0.6 is 0 Å². The quantitative estimate of drug-likeness (QED) is 0.758. The Labute approximate surface area is 162 Å². The number of piperidine rings is 1. The fraction of sp³-hybridized carbons (Fsp3) is 0.619. The minimum atomic E-state index is -0.00742. The van der Waals surface area contributed by atoms with Crippen LogP contribution < -0.4 is 14.8 Å². The molecule has 0 unspecified atom stereocenters. The van der Waals surface area contributed by atoms with Gasteiger partial charge in [0.05, 0.1) is 20.6 Å². The second-order valence-corrected chi connectivity index (χ2v) is 7.05. The Morgan fingerprint density at radius 1 is 1.11 bits per heavy atom. The first-order valence-electron chi connectivity index (χ1n) is 9.81. The molecule has 0 aromatic heterocycles. The van der Waals surface area contributed by atoms with Crippen LogP contribution in [-0.2, 0) is 16.0 Å². The fourth-order valence-corrected chi connectivity index (χ4v) is 3.60. The molecule has 1 N–H and O–H groups in total. The van der Waals surface area contributed by atoms with Gasteiger partial charge in [0.15, 0.2) is 11.5 Å². The van der Waals surface area contributed by atoms with Gasteiger partial charge in [-0.3, -0.25) is 9.59 Å². The lowest BCUT2D eigenvalue weighted by molar-refractivity contribution is -0.137. The standard InChI is InChI=1S/C21H32N2O4/c1-5-16(6-2)21(25)23-11-9-17(10-12-23)22-20(24)14-15-7-8-18(26-3)19(13-15)27-4/h7-8,13,16-17H,5-6,9-12,14H2,1-4H3,(H,22,24). The zero-order valence-electron chi connectivity index (χ0n) is 16.9. The first-order chi connectivity index (χ1) is 13.0. The Hall–Kier alpha value is -2.24. The summed E-state index contributed by atoms with van der Waals surface area (Å²) in [5.41, 5.74) is 0.881. The lowest BCUT2D eigenvalue weighted by atomic mass is 9.98. The van der Waals surface area contributed by atoms with Crippen molar-refractivity contribution in [2.75, 3.05) is 27.3 Å². The van der Waals surface area contributed by atoms with E-state index in [0.29, 0.717) is 17.9 Å². The smallest absolute Gasteiger partial charge is 0.225 e. The molecule has 0 saturated carbocycles. The van der Waals surface area contributed by atoms with Gasteiger partial charge in [-0.25, -0.2) is 0 Å². The predicted molar refractivity (Wildman–Crippen MR) is 105 cm³/mol. The van der Waals surface area contributed by atoms with Crippen LogP contribution in [0, 0.1) is 5.92 Å². The monoisotopic (exact) mass is 376 g/mol. The number of hydrogen-bond acceptors (Lipinski definition) is 4. The average molecular weight is 376 g/mol. The number of methoxy groups -OCH3 is 2. The zero-order chi connectivity index (χ0) is 19.8. The SMILES string of the molecule is CCC(CC)C(=O)N1CCC(NC(=O)Cc2ccc(OC)c(OC)c2)CC1. The van der Waals surface area contributed by atoms with Crippen LogP contribution in [0.25, 0.3) is 0 Å². The molecule has 2 amide bonds. The Morgan fingerprint density at radius 2 is 1.74 bits per heavy atom. The van der Waals surface area contributed by atoms with Crippen LogP contribution in [0.2, 0.25) is 0 Å². The van der Waals surface area contributed by atoms with Gasteiger partial charge in [-0.2, -0.15) is 0 Å². The van der Waals surface area contributed by atoms with E-state index in [1.165, 1.54) is 0 Å². The molecular weight excluding hydrogens is 344 g/mol. The molecule has 1 aromatic rings. The van der Waals surface area contributed by atoms with Gasteiger partial charge in [-0.1, -0.05) is 19.9 Å². The van der Waals surface area contributed by atoms with Crippen molar-refractivity contribution in [2.45, 2.75) is 52.0 Å². The molecule has 1 aliphatic heterocycles. The van der Waals surface area contributed by atoms with Gasteiger partial charge in [0.1, 0.15) is 0 Å². The molecule has 1 fully saturated rings. The van der Waals surface area contributed by atoms with Crippen LogP contribution in [0.1, 0.15) is 45.1 Å². The Morgan fingerprint density at radius 3 is 2.30 bits per heavy atom. The summed E-state index contributed by atoms with van der Waals surface area (Å²) in [5, 5.41) is 3.10. The third-order valence-corrected chi connectivity index (χ3v) is 5.32. The van der Waals surface area contributed by atoms with Gasteiger partial charge >= 0.3 is 0 Å². The van der Waals surface area contributed by atoms with E-state index in [2.05, 4.69) is 19.2 Å². The molecule has 0 spiro atoms. The maximum absolute atomic E-state index is 12.5. The number of amides is 2. The molecule has 0 bridgehead atoms. The summed E-state index contributed by atoms with van der Waals surface area (Å²) in [5.74, 6) is 1.65. The maximum Gasteiger partial charge on any atom is 0.225 e. The molecule has 27 heavy (non-hydrogen) atoms. The van der Waals surface area contributed by atoms with Crippen molar-refractivity contribution in [3.05, 3.63) is 23.8 Å². The minimum Gasteiger partial charge on any atom is -0.493 e. The Balaban J connectivity index is 1.83. The molecule has 0 atom stereocenters. The van der Waals surface area contributed by atoms with Crippen molar-refractivity contribution >= 4 is 11.8 Å². The van der Waals surface area contributed by atoms with E-state index < -0.39 is 0 Å². The van der Waals surface area contributed by atoms with Crippen LogP contribution in [0.15, 0.2) is 18.2 Å². The summed E-state index contributed by atoms with van der Waals surface area (Å²) in [6.07, 6.45) is 3.69. The molecule has 6 nitrogen and oxygen atoms in total. The highest BCUT2D eigenvalue weighted by atomic mass is 16.5.